The fraction of sp³-hybridized carbons (Fsp3) is 0.250. The highest BCUT2D eigenvalue weighted by molar-refractivity contribution is 7.17. The number of Topliss-reactive ketones (excluding diaryl/α,β-unsaturated/α-hetero) is 1. The van der Waals surface area contributed by atoms with Gasteiger partial charge in [-0.1, -0.05) is 42.5 Å². The molecule has 0 bridgehead atoms. The van der Waals surface area contributed by atoms with Crippen LogP contribution in [0.1, 0.15) is 51.1 Å². The molecule has 2 aliphatic heterocycles. The summed E-state index contributed by atoms with van der Waals surface area (Å²) in [6.07, 6.45) is 4.10. The summed E-state index contributed by atoms with van der Waals surface area (Å²) in [6.45, 7) is 1.39. The SMILES string of the molecule is O=C1OC2(CCNC2)c2cccc(C(=O)C3(c4ccc(-c5csc6ccccc56)nc4)CC3)c21. The van der Waals surface area contributed by atoms with Gasteiger partial charge in [0.05, 0.1) is 16.7 Å². The summed E-state index contributed by atoms with van der Waals surface area (Å²) >= 11 is 1.71. The van der Waals surface area contributed by atoms with E-state index in [1.807, 2.05) is 42.6 Å². The first-order valence-corrected chi connectivity index (χ1v) is 12.5. The number of aromatic nitrogens is 1. The third kappa shape index (κ3) is 2.73. The second-order valence-corrected chi connectivity index (χ2v) is 10.4. The Balaban J connectivity index is 1.25. The molecule has 5 nitrogen and oxygen atoms in total. The van der Waals surface area contributed by atoms with Gasteiger partial charge in [0.1, 0.15) is 0 Å². The number of nitrogens with zero attached hydrogens (tertiary/aromatic N) is 1. The number of fused-ring (bicyclic) bond motifs is 3. The van der Waals surface area contributed by atoms with Crippen LogP contribution in [0.4, 0.5) is 0 Å². The Morgan fingerprint density at radius 3 is 2.68 bits per heavy atom. The van der Waals surface area contributed by atoms with Crippen LogP contribution in [0.2, 0.25) is 0 Å². The van der Waals surface area contributed by atoms with E-state index in [1.54, 1.807) is 17.4 Å². The highest BCUT2D eigenvalue weighted by atomic mass is 32.1. The third-order valence-corrected chi connectivity index (χ3v) is 8.63. The van der Waals surface area contributed by atoms with Crippen molar-refractivity contribution >= 4 is 33.2 Å². The Morgan fingerprint density at radius 1 is 1.03 bits per heavy atom. The van der Waals surface area contributed by atoms with Gasteiger partial charge in [-0.25, -0.2) is 4.79 Å². The predicted molar refractivity (Wildman–Crippen MR) is 131 cm³/mol. The molecule has 1 atom stereocenters. The van der Waals surface area contributed by atoms with Crippen molar-refractivity contribution in [3.63, 3.8) is 0 Å². The van der Waals surface area contributed by atoms with E-state index in [0.717, 1.165) is 48.2 Å². The second-order valence-electron chi connectivity index (χ2n) is 9.53. The Kier molecular flexibility index (Phi) is 4.17. The van der Waals surface area contributed by atoms with Crippen LogP contribution in [0.3, 0.4) is 0 Å². The van der Waals surface area contributed by atoms with E-state index >= 15 is 0 Å². The number of rotatable bonds is 4. The summed E-state index contributed by atoms with van der Waals surface area (Å²) < 4.78 is 7.07. The van der Waals surface area contributed by atoms with Crippen molar-refractivity contribution in [1.82, 2.24) is 10.3 Å². The zero-order chi connectivity index (χ0) is 22.9. The molecule has 1 saturated carbocycles. The summed E-state index contributed by atoms with van der Waals surface area (Å²) in [5.41, 5.74) is 3.48. The quantitative estimate of drug-likeness (QED) is 0.329. The monoisotopic (exact) mass is 466 g/mol. The number of hydrogen-bond acceptors (Lipinski definition) is 6. The van der Waals surface area contributed by atoms with Crippen molar-refractivity contribution in [1.29, 1.82) is 0 Å². The Morgan fingerprint density at radius 2 is 1.91 bits per heavy atom. The number of thiophene rings is 1. The van der Waals surface area contributed by atoms with Crippen LogP contribution in [0.5, 0.6) is 0 Å². The molecule has 1 saturated heterocycles. The lowest BCUT2D eigenvalue weighted by Gasteiger charge is -2.22. The minimum absolute atomic E-state index is 0.000149. The largest absolute Gasteiger partial charge is 0.449 e. The molecule has 3 aliphatic rings. The zero-order valence-corrected chi connectivity index (χ0v) is 19.3. The molecule has 2 aromatic heterocycles. The van der Waals surface area contributed by atoms with Crippen LogP contribution in [-0.4, -0.2) is 29.8 Å². The van der Waals surface area contributed by atoms with Crippen molar-refractivity contribution in [3.05, 3.63) is 88.4 Å². The molecule has 1 aliphatic carbocycles. The lowest BCUT2D eigenvalue weighted by atomic mass is 9.83. The number of carbonyl (C=O) groups is 2. The second kappa shape index (κ2) is 7.08. The number of nitrogens with one attached hydrogen (secondary N) is 1. The molecule has 1 unspecified atom stereocenters. The molecule has 34 heavy (non-hydrogen) atoms. The van der Waals surface area contributed by atoms with Gasteiger partial charge in [0.25, 0.3) is 0 Å². The molecule has 2 aromatic carbocycles. The first-order chi connectivity index (χ1) is 16.6. The summed E-state index contributed by atoms with van der Waals surface area (Å²) in [6, 6.07) is 18.0. The number of pyridine rings is 1. The maximum atomic E-state index is 13.9. The van der Waals surface area contributed by atoms with Gasteiger partial charge >= 0.3 is 5.97 Å². The van der Waals surface area contributed by atoms with Crippen molar-refractivity contribution < 1.29 is 14.3 Å². The summed E-state index contributed by atoms with van der Waals surface area (Å²) in [4.78, 5) is 31.5. The molecular formula is C28H22N2O3S. The fourth-order valence-corrected chi connectivity index (χ4v) is 6.61. The highest BCUT2D eigenvalue weighted by Crippen LogP contribution is 2.52. The van der Waals surface area contributed by atoms with Gasteiger partial charge in [0.2, 0.25) is 0 Å². The lowest BCUT2D eigenvalue weighted by Crippen LogP contribution is -2.28. The Bertz CT molecular complexity index is 1480. The summed E-state index contributed by atoms with van der Waals surface area (Å²) in [5.74, 6) is -0.379. The van der Waals surface area contributed by atoms with Crippen molar-refractivity contribution in [2.75, 3.05) is 13.1 Å². The zero-order valence-electron chi connectivity index (χ0n) is 18.5. The first kappa shape index (κ1) is 20.1. The average molecular weight is 467 g/mol. The predicted octanol–water partition coefficient (Wildman–Crippen LogP) is 5.24. The fourth-order valence-electron chi connectivity index (χ4n) is 5.65. The maximum absolute atomic E-state index is 13.9. The molecule has 168 valence electrons. The third-order valence-electron chi connectivity index (χ3n) is 7.67. The van der Waals surface area contributed by atoms with E-state index in [-0.39, 0.29) is 11.8 Å². The average Bonchev–Trinajstić information content (AvgIpc) is 3.22. The molecule has 4 aromatic rings. The van der Waals surface area contributed by atoms with Gasteiger partial charge < -0.3 is 10.1 Å². The highest BCUT2D eigenvalue weighted by Gasteiger charge is 2.55. The summed E-state index contributed by atoms with van der Waals surface area (Å²) in [5, 5.41) is 6.62. The minimum atomic E-state index is -0.633. The molecule has 2 fully saturated rings. The molecule has 0 radical (unpaired) electrons. The Labute approximate surface area is 200 Å². The molecule has 6 heteroatoms. The standard InChI is InChI=1S/C28H22N2O3S/c31-25(19-5-3-6-21-24(19)26(32)33-28(21)12-13-29-16-28)27(10-11-27)17-8-9-22(30-14-17)20-15-34-23-7-2-1-4-18(20)23/h1-9,14-15,29H,10-13,16H2. The van der Waals surface area contributed by atoms with E-state index in [4.69, 9.17) is 9.72 Å². The van der Waals surface area contributed by atoms with Crippen LogP contribution in [-0.2, 0) is 15.8 Å². The van der Waals surface area contributed by atoms with Gasteiger partial charge in [0.15, 0.2) is 11.4 Å². The van der Waals surface area contributed by atoms with E-state index in [2.05, 4.69) is 22.8 Å². The minimum Gasteiger partial charge on any atom is -0.449 e. The first-order valence-electron chi connectivity index (χ1n) is 11.7. The van der Waals surface area contributed by atoms with Gasteiger partial charge in [-0.3, -0.25) is 9.78 Å². The molecule has 1 spiro atoms. The van der Waals surface area contributed by atoms with Crippen LogP contribution >= 0.6 is 11.3 Å². The van der Waals surface area contributed by atoms with E-state index < -0.39 is 11.0 Å². The van der Waals surface area contributed by atoms with Crippen LogP contribution in [0, 0.1) is 0 Å². The number of ether oxygens (including phenoxy) is 1. The van der Waals surface area contributed by atoms with E-state index in [0.29, 0.717) is 17.7 Å². The topological polar surface area (TPSA) is 68.3 Å². The molecule has 7 rings (SSSR count). The normalized spacial score (nSPS) is 22.2. The lowest BCUT2D eigenvalue weighted by molar-refractivity contribution is 0.00158. The van der Waals surface area contributed by atoms with Gasteiger partial charge in [-0.05, 0) is 37.1 Å². The van der Waals surface area contributed by atoms with Crippen molar-refractivity contribution in [2.24, 2.45) is 0 Å². The molecule has 0 amide bonds. The van der Waals surface area contributed by atoms with Gasteiger partial charge in [-0.2, -0.15) is 0 Å². The molecular weight excluding hydrogens is 444 g/mol. The van der Waals surface area contributed by atoms with Gasteiger partial charge in [0, 0.05) is 51.3 Å². The molecule has 4 heterocycles. The van der Waals surface area contributed by atoms with Crippen LogP contribution in [0.15, 0.2) is 66.2 Å². The van der Waals surface area contributed by atoms with Gasteiger partial charge in [-0.15, -0.1) is 11.3 Å². The maximum Gasteiger partial charge on any atom is 0.340 e. The number of hydrogen-bond donors (Lipinski definition) is 1. The number of esters is 1. The van der Waals surface area contributed by atoms with Crippen molar-refractivity contribution in [2.45, 2.75) is 30.3 Å². The molecule has 1 N–H and O–H groups in total. The van der Waals surface area contributed by atoms with Crippen molar-refractivity contribution in [3.8, 4) is 11.3 Å². The smallest absolute Gasteiger partial charge is 0.340 e. The van der Waals surface area contributed by atoms with Crippen LogP contribution in [0.25, 0.3) is 21.3 Å². The number of ketones is 1. The number of carbonyl (C=O) groups excluding carboxylic acids is 2. The van der Waals surface area contributed by atoms with E-state index in [1.165, 1.54) is 10.1 Å². The Hall–Kier alpha value is -3.35. The number of benzene rings is 2. The summed E-state index contributed by atoms with van der Waals surface area (Å²) in [7, 11) is 0. The van der Waals surface area contributed by atoms with Crippen LogP contribution < -0.4 is 5.32 Å². The van der Waals surface area contributed by atoms with E-state index in [9.17, 15) is 9.59 Å².